The summed E-state index contributed by atoms with van der Waals surface area (Å²) in [6.07, 6.45) is 3.63. The van der Waals surface area contributed by atoms with Gasteiger partial charge >= 0.3 is 0 Å². The summed E-state index contributed by atoms with van der Waals surface area (Å²) < 4.78 is 13.8. The standard InChI is InChI=1S/C16H23FN2O/c1-11(14-8-3-4-9-15(14)17)19(2)16(20)12-6-5-7-13(18)10-12/h3-4,8-9,11-13H,5-7,10,18H2,1-2H3/t11-,12+,13-/m1/s1. The van der Waals surface area contributed by atoms with Crippen LogP contribution in [0.1, 0.15) is 44.2 Å². The third-order valence-electron chi connectivity index (χ3n) is 4.35. The Bertz CT molecular complexity index is 477. The predicted molar refractivity (Wildman–Crippen MR) is 77.5 cm³/mol. The molecule has 0 aliphatic heterocycles. The van der Waals surface area contributed by atoms with Crippen molar-refractivity contribution in [1.82, 2.24) is 4.90 Å². The highest BCUT2D eigenvalue weighted by Gasteiger charge is 2.30. The number of halogens is 1. The summed E-state index contributed by atoms with van der Waals surface area (Å²) in [6, 6.07) is 6.48. The first-order chi connectivity index (χ1) is 9.50. The molecule has 2 rings (SSSR count). The van der Waals surface area contributed by atoms with Gasteiger partial charge in [-0.25, -0.2) is 4.39 Å². The van der Waals surface area contributed by atoms with Crippen molar-refractivity contribution < 1.29 is 9.18 Å². The van der Waals surface area contributed by atoms with E-state index in [4.69, 9.17) is 5.73 Å². The van der Waals surface area contributed by atoms with Crippen LogP contribution in [0.25, 0.3) is 0 Å². The van der Waals surface area contributed by atoms with E-state index >= 15 is 0 Å². The van der Waals surface area contributed by atoms with E-state index in [1.54, 1.807) is 30.1 Å². The zero-order valence-electron chi connectivity index (χ0n) is 12.2. The molecule has 3 atom stereocenters. The molecule has 1 aromatic rings. The molecule has 1 fully saturated rings. The average molecular weight is 278 g/mol. The Balaban J connectivity index is 2.08. The molecule has 1 aliphatic rings. The Morgan fingerprint density at radius 3 is 2.75 bits per heavy atom. The number of amides is 1. The minimum Gasteiger partial charge on any atom is -0.339 e. The molecule has 0 unspecified atom stereocenters. The van der Waals surface area contributed by atoms with E-state index in [-0.39, 0.29) is 29.7 Å². The monoisotopic (exact) mass is 278 g/mol. The van der Waals surface area contributed by atoms with Crippen LogP contribution >= 0.6 is 0 Å². The molecule has 110 valence electrons. The van der Waals surface area contributed by atoms with E-state index in [0.717, 1.165) is 25.7 Å². The first-order valence-corrected chi connectivity index (χ1v) is 7.27. The van der Waals surface area contributed by atoms with E-state index in [2.05, 4.69) is 0 Å². The van der Waals surface area contributed by atoms with E-state index in [0.29, 0.717) is 5.56 Å². The van der Waals surface area contributed by atoms with Crippen LogP contribution in [-0.2, 0) is 4.79 Å². The van der Waals surface area contributed by atoms with Gasteiger partial charge in [-0.05, 0) is 32.3 Å². The third kappa shape index (κ3) is 3.18. The normalized spacial score (nSPS) is 24.2. The SMILES string of the molecule is C[C@H](c1ccccc1F)N(C)C(=O)[C@H]1CCC[C@@H](N)C1. The molecule has 0 heterocycles. The van der Waals surface area contributed by atoms with Crippen molar-refractivity contribution in [3.8, 4) is 0 Å². The molecule has 0 radical (unpaired) electrons. The molecule has 0 saturated heterocycles. The fraction of sp³-hybridized carbons (Fsp3) is 0.562. The van der Waals surface area contributed by atoms with Crippen molar-refractivity contribution in [2.24, 2.45) is 11.7 Å². The molecule has 0 aromatic heterocycles. The van der Waals surface area contributed by atoms with Crippen molar-refractivity contribution >= 4 is 5.91 Å². The number of benzene rings is 1. The molecule has 1 aromatic carbocycles. The van der Waals surface area contributed by atoms with E-state index in [1.807, 2.05) is 6.92 Å². The van der Waals surface area contributed by atoms with Gasteiger partial charge in [0.25, 0.3) is 0 Å². The number of carbonyl (C=O) groups excluding carboxylic acids is 1. The smallest absolute Gasteiger partial charge is 0.225 e. The Kier molecular flexibility index (Phi) is 4.76. The Morgan fingerprint density at radius 2 is 2.10 bits per heavy atom. The summed E-state index contributed by atoms with van der Waals surface area (Å²) >= 11 is 0. The Hall–Kier alpha value is -1.42. The largest absolute Gasteiger partial charge is 0.339 e. The van der Waals surface area contributed by atoms with Crippen LogP contribution in [0.15, 0.2) is 24.3 Å². The number of hydrogen-bond acceptors (Lipinski definition) is 2. The van der Waals surface area contributed by atoms with Gasteiger partial charge in [0.1, 0.15) is 5.82 Å². The lowest BCUT2D eigenvalue weighted by Crippen LogP contribution is -2.40. The third-order valence-corrected chi connectivity index (χ3v) is 4.35. The van der Waals surface area contributed by atoms with Crippen molar-refractivity contribution in [3.05, 3.63) is 35.6 Å². The van der Waals surface area contributed by atoms with E-state index < -0.39 is 0 Å². The summed E-state index contributed by atoms with van der Waals surface area (Å²) in [4.78, 5) is 14.2. The second-order valence-electron chi connectivity index (χ2n) is 5.77. The average Bonchev–Trinajstić information content (AvgIpc) is 2.45. The summed E-state index contributed by atoms with van der Waals surface area (Å²) in [5.74, 6) is -0.200. The van der Waals surface area contributed by atoms with Gasteiger partial charge < -0.3 is 10.6 Å². The molecule has 1 amide bonds. The number of carbonyl (C=O) groups is 1. The van der Waals surface area contributed by atoms with Crippen molar-refractivity contribution in [1.29, 1.82) is 0 Å². The second kappa shape index (κ2) is 6.35. The highest BCUT2D eigenvalue weighted by atomic mass is 19.1. The summed E-state index contributed by atoms with van der Waals surface area (Å²) in [5.41, 5.74) is 6.50. The van der Waals surface area contributed by atoms with Crippen LogP contribution in [0.5, 0.6) is 0 Å². The maximum Gasteiger partial charge on any atom is 0.225 e. The van der Waals surface area contributed by atoms with Gasteiger partial charge in [0.15, 0.2) is 0 Å². The minimum absolute atomic E-state index is 0.0158. The summed E-state index contributed by atoms with van der Waals surface area (Å²) in [7, 11) is 1.75. The summed E-state index contributed by atoms with van der Waals surface area (Å²) in [5, 5.41) is 0. The fourth-order valence-corrected chi connectivity index (χ4v) is 2.95. The molecular weight excluding hydrogens is 255 g/mol. The zero-order chi connectivity index (χ0) is 14.7. The molecule has 3 nitrogen and oxygen atoms in total. The molecule has 1 aliphatic carbocycles. The van der Waals surface area contributed by atoms with Gasteiger partial charge in [0, 0.05) is 24.6 Å². The molecule has 1 saturated carbocycles. The molecule has 0 spiro atoms. The van der Waals surface area contributed by atoms with Crippen molar-refractivity contribution in [2.45, 2.75) is 44.7 Å². The van der Waals surface area contributed by atoms with Crippen molar-refractivity contribution in [3.63, 3.8) is 0 Å². The maximum absolute atomic E-state index is 13.8. The molecule has 4 heteroatoms. The van der Waals surface area contributed by atoms with Gasteiger partial charge in [-0.3, -0.25) is 4.79 Å². The summed E-state index contributed by atoms with van der Waals surface area (Å²) in [6.45, 7) is 1.86. The topological polar surface area (TPSA) is 46.3 Å². The second-order valence-corrected chi connectivity index (χ2v) is 5.77. The van der Waals surface area contributed by atoms with E-state index in [1.165, 1.54) is 6.07 Å². The number of rotatable bonds is 3. The lowest BCUT2D eigenvalue weighted by molar-refractivity contribution is -0.137. The van der Waals surface area contributed by atoms with Gasteiger partial charge in [-0.1, -0.05) is 24.6 Å². The predicted octanol–water partition coefficient (Wildman–Crippen LogP) is 2.86. The van der Waals surface area contributed by atoms with Crippen LogP contribution in [0, 0.1) is 11.7 Å². The number of nitrogens with zero attached hydrogens (tertiary/aromatic N) is 1. The zero-order valence-corrected chi connectivity index (χ0v) is 12.2. The Morgan fingerprint density at radius 1 is 1.40 bits per heavy atom. The Labute approximate surface area is 120 Å². The molecule has 2 N–H and O–H groups in total. The highest BCUT2D eigenvalue weighted by Crippen LogP contribution is 2.28. The van der Waals surface area contributed by atoms with Crippen LogP contribution in [0.3, 0.4) is 0 Å². The van der Waals surface area contributed by atoms with Crippen LogP contribution in [0.2, 0.25) is 0 Å². The van der Waals surface area contributed by atoms with Gasteiger partial charge in [-0.2, -0.15) is 0 Å². The first-order valence-electron chi connectivity index (χ1n) is 7.27. The van der Waals surface area contributed by atoms with Gasteiger partial charge in [0.05, 0.1) is 6.04 Å². The number of nitrogens with two attached hydrogens (primary N) is 1. The van der Waals surface area contributed by atoms with Crippen LogP contribution in [-0.4, -0.2) is 23.9 Å². The molecular formula is C16H23FN2O. The minimum atomic E-state index is -0.264. The van der Waals surface area contributed by atoms with Crippen molar-refractivity contribution in [2.75, 3.05) is 7.05 Å². The van der Waals surface area contributed by atoms with Gasteiger partial charge in [0.2, 0.25) is 5.91 Å². The van der Waals surface area contributed by atoms with Gasteiger partial charge in [-0.15, -0.1) is 0 Å². The van der Waals surface area contributed by atoms with E-state index in [9.17, 15) is 9.18 Å². The molecule has 0 bridgehead atoms. The fourth-order valence-electron chi connectivity index (χ4n) is 2.95. The highest BCUT2D eigenvalue weighted by molar-refractivity contribution is 5.79. The maximum atomic E-state index is 13.8. The molecule has 20 heavy (non-hydrogen) atoms. The van der Waals surface area contributed by atoms with Crippen LogP contribution in [0.4, 0.5) is 4.39 Å². The lowest BCUT2D eigenvalue weighted by atomic mass is 9.85. The first kappa shape index (κ1) is 15.0. The quantitative estimate of drug-likeness (QED) is 0.924. The van der Waals surface area contributed by atoms with Crippen LogP contribution < -0.4 is 5.73 Å². The number of hydrogen-bond donors (Lipinski definition) is 1. The lowest BCUT2D eigenvalue weighted by Gasteiger charge is -2.32.